The van der Waals surface area contributed by atoms with Crippen LogP contribution in [0.2, 0.25) is 0 Å². The van der Waals surface area contributed by atoms with Gasteiger partial charge in [0.1, 0.15) is 22.3 Å². The van der Waals surface area contributed by atoms with E-state index in [-0.39, 0.29) is 18.8 Å². The molecule has 0 radical (unpaired) electrons. The number of nitrogens with zero attached hydrogens (tertiary/aromatic N) is 4. The topological polar surface area (TPSA) is 39.2 Å². The van der Waals surface area contributed by atoms with E-state index in [1.807, 2.05) is 11.3 Å². The van der Waals surface area contributed by atoms with Gasteiger partial charge < -0.3 is 28.4 Å². The molecule has 3 aromatic heterocycles. The lowest BCUT2D eigenvalue weighted by atomic mass is 9.33. The van der Waals surface area contributed by atoms with E-state index in [1.54, 1.807) is 0 Å². The molecule has 6 nitrogen and oxygen atoms in total. The van der Waals surface area contributed by atoms with Gasteiger partial charge in [-0.1, -0.05) is 208 Å². The highest BCUT2D eigenvalue weighted by Gasteiger charge is 2.47. The monoisotopic (exact) mass is 1340 g/mol. The maximum Gasteiger partial charge on any atom is 0.252 e. The van der Waals surface area contributed by atoms with Crippen LogP contribution in [0.3, 0.4) is 0 Å². The molecule has 0 fully saturated rings. The van der Waals surface area contributed by atoms with Crippen LogP contribution in [-0.2, 0) is 5.41 Å². The van der Waals surface area contributed by atoms with Gasteiger partial charge in [-0.15, -0.1) is 11.3 Å². The van der Waals surface area contributed by atoms with Crippen LogP contribution < -0.4 is 52.4 Å². The summed E-state index contributed by atoms with van der Waals surface area (Å²) in [6.45, 7) is 4.83. The molecule has 0 saturated carbocycles. The van der Waals surface area contributed by atoms with Crippen molar-refractivity contribution in [3.8, 4) is 22.3 Å². The highest BCUT2D eigenvalue weighted by atomic mass is 32.1. The zero-order valence-electron chi connectivity index (χ0n) is 56.7. The van der Waals surface area contributed by atoms with Gasteiger partial charge in [-0.25, -0.2) is 0 Å². The Bertz CT molecular complexity index is 7060. The van der Waals surface area contributed by atoms with E-state index in [9.17, 15) is 0 Å². The fourth-order valence-electron chi connectivity index (χ4n) is 19.6. The van der Waals surface area contributed by atoms with E-state index < -0.39 is 0 Å². The molecule has 4 aliphatic heterocycles. The van der Waals surface area contributed by atoms with Gasteiger partial charge in [-0.05, 0) is 209 Å². The number of hydrogen-bond donors (Lipinski definition) is 0. The van der Waals surface area contributed by atoms with Crippen LogP contribution in [0.5, 0.6) is 0 Å². The average Bonchev–Trinajstić information content (AvgIpc) is 0.971. The summed E-state index contributed by atoms with van der Waals surface area (Å²) in [5.41, 5.74) is 32.2. The molecular formula is C95H58B2N4O2S. The van der Waals surface area contributed by atoms with E-state index in [0.29, 0.717) is 0 Å². The maximum atomic E-state index is 7.28. The Morgan fingerprint density at radius 2 is 0.760 bits per heavy atom. The van der Waals surface area contributed by atoms with Crippen molar-refractivity contribution in [1.29, 1.82) is 0 Å². The van der Waals surface area contributed by atoms with Crippen molar-refractivity contribution in [2.75, 3.05) is 19.6 Å². The Kier molecular flexibility index (Phi) is 11.3. The third-order valence-corrected chi connectivity index (χ3v) is 25.0. The molecule has 1 aliphatic carbocycles. The summed E-state index contributed by atoms with van der Waals surface area (Å²) < 4.78 is 16.5. The van der Waals surface area contributed by atoms with Gasteiger partial charge in [-0.3, -0.25) is 0 Å². The summed E-state index contributed by atoms with van der Waals surface area (Å²) in [5, 5.41) is 11.7. The molecule has 19 aromatic rings. The molecule has 104 heavy (non-hydrogen) atoms. The number of thiophene rings is 1. The fraction of sp³-hybridized carbons (Fsp3) is 0.0316. The van der Waals surface area contributed by atoms with Crippen LogP contribution in [0.4, 0.5) is 68.2 Å². The summed E-state index contributed by atoms with van der Waals surface area (Å²) in [6.07, 6.45) is 0. The number of fused-ring (bicyclic) bond motifs is 24. The van der Waals surface area contributed by atoms with Crippen molar-refractivity contribution in [3.63, 3.8) is 0 Å². The normalized spacial score (nSPS) is 14.2. The number of hydrogen-bond acceptors (Lipinski definition) is 7. The SMILES string of the molecule is CC1(C)c2ccccc2-c2cc(-c3cc4oc5ccc(N6c7ccccc7B7c8ccccc8N(c8cccc9c8sc8ccccc89)c8cccc6c87)cc5c4c4ccccc34)cc(N3c4ccccc4B4c5ccccc5N(c5ccc6oc7ccc8ccccc8c7c6c5)c5cccc3c54)c21. The van der Waals surface area contributed by atoms with E-state index in [2.05, 4.69) is 349 Å². The van der Waals surface area contributed by atoms with Gasteiger partial charge in [0.2, 0.25) is 0 Å². The number of para-hydroxylation sites is 4. The van der Waals surface area contributed by atoms with Crippen LogP contribution in [0.25, 0.3) is 108 Å². The second-order valence-electron chi connectivity index (χ2n) is 29.3. The first-order valence-electron chi connectivity index (χ1n) is 36.1. The third-order valence-electron chi connectivity index (χ3n) is 23.7. The zero-order valence-corrected chi connectivity index (χ0v) is 57.5. The van der Waals surface area contributed by atoms with Crippen LogP contribution in [0.1, 0.15) is 25.0 Å². The minimum atomic E-state index is -0.360. The highest BCUT2D eigenvalue weighted by Crippen LogP contribution is 2.58. The van der Waals surface area contributed by atoms with Gasteiger partial charge in [0.25, 0.3) is 13.4 Å². The molecule has 16 aromatic carbocycles. The smallest absolute Gasteiger partial charge is 0.252 e. The first-order valence-corrected chi connectivity index (χ1v) is 36.9. The third kappa shape index (κ3) is 7.50. The van der Waals surface area contributed by atoms with E-state index in [1.165, 1.54) is 137 Å². The molecule has 0 spiro atoms. The first kappa shape index (κ1) is 56.9. The Morgan fingerprint density at radius 1 is 0.298 bits per heavy atom. The van der Waals surface area contributed by atoms with E-state index in [4.69, 9.17) is 8.83 Å². The Morgan fingerprint density at radius 3 is 1.40 bits per heavy atom. The summed E-state index contributed by atoms with van der Waals surface area (Å²) in [6, 6.07) is 118. The van der Waals surface area contributed by atoms with Gasteiger partial charge >= 0.3 is 0 Å². The fourth-order valence-corrected chi connectivity index (χ4v) is 20.8. The molecule has 0 bridgehead atoms. The Hall–Kier alpha value is -12.8. The predicted molar refractivity (Wildman–Crippen MR) is 440 cm³/mol. The van der Waals surface area contributed by atoms with Crippen LogP contribution in [0, 0.1) is 0 Å². The molecule has 5 aliphatic rings. The Labute approximate surface area is 603 Å². The minimum Gasteiger partial charge on any atom is -0.456 e. The lowest BCUT2D eigenvalue weighted by Crippen LogP contribution is -2.61. The number of furan rings is 2. The number of benzene rings is 16. The maximum absolute atomic E-state index is 7.28. The van der Waals surface area contributed by atoms with Crippen LogP contribution >= 0.6 is 11.3 Å². The van der Waals surface area contributed by atoms with Crippen molar-refractivity contribution < 1.29 is 8.83 Å². The lowest BCUT2D eigenvalue weighted by Gasteiger charge is -2.45. The summed E-state index contributed by atoms with van der Waals surface area (Å²) >= 11 is 1.88. The molecule has 7 heterocycles. The quantitative estimate of drug-likeness (QED) is 0.160. The number of anilines is 12. The van der Waals surface area contributed by atoms with E-state index in [0.717, 1.165) is 83.1 Å². The van der Waals surface area contributed by atoms with Gasteiger partial charge in [0.15, 0.2) is 0 Å². The minimum absolute atomic E-state index is 0.0170. The summed E-state index contributed by atoms with van der Waals surface area (Å²) in [7, 11) is 0. The van der Waals surface area contributed by atoms with Gasteiger partial charge in [0, 0.05) is 99.3 Å². The summed E-state index contributed by atoms with van der Waals surface area (Å²) in [5.74, 6) is 0. The predicted octanol–water partition coefficient (Wildman–Crippen LogP) is 22.3. The number of rotatable bonds is 5. The standard InChI is InChI=1S/C95H58B2N4O2S/c1-95(2)69-29-9-7-25-61(69)66-50-56(51-83(91(66)95)101-77-37-17-13-33-73(77)97-71-31-11-15-35-75(71)98(79-39-21-41-81(101)93(79)97)57-45-48-84-67(52-57)89-59-23-4-3-22-55(59)44-47-86(89)102-84)65-54-87-90(63-27-6-5-24-60(63)65)68-53-58(46-49-85(68)103-87)99-74-34-14-10-30-70(74)96-72-32-12-16-36-76(72)100(80-40-20-38-78(99)92(80)96)82-42-19-28-64-62-26-8-18-43-88(62)104-94(64)82/h3-54H,1-2H3. The van der Waals surface area contributed by atoms with Crippen molar-refractivity contribution in [2.45, 2.75) is 19.3 Å². The molecule has 0 atom stereocenters. The van der Waals surface area contributed by atoms with Crippen molar-refractivity contribution in [3.05, 3.63) is 327 Å². The molecule has 0 N–H and O–H groups in total. The van der Waals surface area contributed by atoms with Crippen molar-refractivity contribution >= 4 is 211 Å². The molecule has 482 valence electrons. The average molecular weight is 1340 g/mol. The van der Waals surface area contributed by atoms with E-state index >= 15 is 0 Å². The Balaban J connectivity index is 0.691. The molecule has 0 amide bonds. The second kappa shape index (κ2) is 20.7. The second-order valence-corrected chi connectivity index (χ2v) is 30.3. The van der Waals surface area contributed by atoms with Gasteiger partial charge in [0.05, 0.1) is 16.1 Å². The lowest BCUT2D eigenvalue weighted by molar-refractivity contribution is 0.661. The molecular weight excluding hydrogens is 1280 g/mol. The van der Waals surface area contributed by atoms with Crippen molar-refractivity contribution in [1.82, 2.24) is 0 Å². The molecule has 0 saturated heterocycles. The largest absolute Gasteiger partial charge is 0.456 e. The zero-order chi connectivity index (χ0) is 67.9. The first-order chi connectivity index (χ1) is 51.4. The van der Waals surface area contributed by atoms with Crippen LogP contribution in [0.15, 0.2) is 324 Å². The molecule has 24 rings (SSSR count). The van der Waals surface area contributed by atoms with Gasteiger partial charge in [-0.2, -0.15) is 0 Å². The molecule has 9 heteroatoms. The highest BCUT2D eigenvalue weighted by molar-refractivity contribution is 7.26. The molecule has 0 unspecified atom stereocenters. The van der Waals surface area contributed by atoms with Crippen LogP contribution in [-0.4, -0.2) is 13.4 Å². The summed E-state index contributed by atoms with van der Waals surface area (Å²) in [4.78, 5) is 10.2. The van der Waals surface area contributed by atoms with Crippen molar-refractivity contribution in [2.24, 2.45) is 0 Å².